The standard InChI is InChI=1S/C22H25N3O/c1-3-13-24-15-11-20(12-16-24)22(26)23-21-6-4-5-14-25(21)17-19-9-7-18(2)8-10-19/h1,4-10,14,20H,11-13,15-17H2,2H3. The van der Waals surface area contributed by atoms with Crippen molar-refractivity contribution in [2.24, 2.45) is 10.9 Å². The first-order valence-corrected chi connectivity index (χ1v) is 9.11. The molecule has 2 aromatic rings. The van der Waals surface area contributed by atoms with Crippen molar-refractivity contribution in [2.75, 3.05) is 19.6 Å². The van der Waals surface area contributed by atoms with Gasteiger partial charge in [0.15, 0.2) is 0 Å². The van der Waals surface area contributed by atoms with Gasteiger partial charge in [-0.1, -0.05) is 41.8 Å². The summed E-state index contributed by atoms with van der Waals surface area (Å²) < 4.78 is 2.02. The Bertz CT molecular complexity index is 850. The van der Waals surface area contributed by atoms with Gasteiger partial charge in [0.25, 0.3) is 5.91 Å². The van der Waals surface area contributed by atoms with Crippen LogP contribution in [0, 0.1) is 25.2 Å². The zero-order valence-electron chi connectivity index (χ0n) is 15.3. The van der Waals surface area contributed by atoms with E-state index in [2.05, 4.69) is 47.0 Å². The molecule has 0 radical (unpaired) electrons. The van der Waals surface area contributed by atoms with Crippen molar-refractivity contribution in [1.29, 1.82) is 0 Å². The second-order valence-electron chi connectivity index (χ2n) is 6.88. The summed E-state index contributed by atoms with van der Waals surface area (Å²) >= 11 is 0. The highest BCUT2D eigenvalue weighted by molar-refractivity contribution is 5.79. The van der Waals surface area contributed by atoms with Gasteiger partial charge in [0.1, 0.15) is 5.49 Å². The minimum Gasteiger partial charge on any atom is -0.328 e. The smallest absolute Gasteiger partial charge is 0.250 e. The Morgan fingerprint density at radius 1 is 1.19 bits per heavy atom. The monoisotopic (exact) mass is 347 g/mol. The normalized spacial score (nSPS) is 16.4. The predicted molar refractivity (Wildman–Crippen MR) is 103 cm³/mol. The van der Waals surface area contributed by atoms with Crippen molar-refractivity contribution in [3.8, 4) is 12.3 Å². The summed E-state index contributed by atoms with van der Waals surface area (Å²) in [4.78, 5) is 19.3. The lowest BCUT2D eigenvalue weighted by atomic mass is 9.96. The van der Waals surface area contributed by atoms with Gasteiger partial charge in [-0.3, -0.25) is 9.69 Å². The molecule has 0 saturated carbocycles. The highest BCUT2D eigenvalue weighted by Gasteiger charge is 2.24. The molecule has 1 aliphatic heterocycles. The van der Waals surface area contributed by atoms with Crippen LogP contribution < -0.4 is 5.49 Å². The topological polar surface area (TPSA) is 37.6 Å². The highest BCUT2D eigenvalue weighted by Crippen LogP contribution is 2.18. The fourth-order valence-electron chi connectivity index (χ4n) is 3.26. The second kappa shape index (κ2) is 8.64. The Kier molecular flexibility index (Phi) is 6.04. The molecule has 4 nitrogen and oxygen atoms in total. The maximum atomic E-state index is 12.6. The van der Waals surface area contributed by atoms with E-state index in [-0.39, 0.29) is 11.8 Å². The van der Waals surface area contributed by atoms with Gasteiger partial charge in [0.05, 0.1) is 6.54 Å². The number of hydrogen-bond donors (Lipinski definition) is 0. The average Bonchev–Trinajstić information content (AvgIpc) is 2.66. The number of rotatable bonds is 4. The quantitative estimate of drug-likeness (QED) is 0.798. The van der Waals surface area contributed by atoms with E-state index in [1.54, 1.807) is 0 Å². The summed E-state index contributed by atoms with van der Waals surface area (Å²) in [5, 5.41) is 0. The fraction of sp³-hybridized carbons (Fsp3) is 0.364. The number of terminal acetylenes is 1. The Morgan fingerprint density at radius 2 is 1.92 bits per heavy atom. The van der Waals surface area contributed by atoms with E-state index in [0.29, 0.717) is 18.6 Å². The summed E-state index contributed by atoms with van der Waals surface area (Å²) in [6, 6.07) is 14.2. The molecule has 0 aliphatic carbocycles. The van der Waals surface area contributed by atoms with Crippen molar-refractivity contribution in [3.63, 3.8) is 0 Å². The number of carbonyl (C=O) groups excluding carboxylic acids is 1. The summed E-state index contributed by atoms with van der Waals surface area (Å²) in [5.41, 5.74) is 3.14. The Balaban J connectivity index is 1.73. The molecule has 26 heavy (non-hydrogen) atoms. The number of nitrogens with zero attached hydrogens (tertiary/aromatic N) is 3. The van der Waals surface area contributed by atoms with E-state index < -0.39 is 0 Å². The first-order valence-electron chi connectivity index (χ1n) is 9.11. The molecule has 1 aromatic heterocycles. The van der Waals surface area contributed by atoms with Crippen molar-refractivity contribution in [2.45, 2.75) is 26.3 Å². The van der Waals surface area contributed by atoms with Gasteiger partial charge < -0.3 is 4.57 Å². The second-order valence-corrected chi connectivity index (χ2v) is 6.88. The Labute approximate surface area is 155 Å². The summed E-state index contributed by atoms with van der Waals surface area (Å²) in [6.45, 7) is 5.18. The lowest BCUT2D eigenvalue weighted by Crippen LogP contribution is -2.36. The number of piperidine rings is 1. The number of aryl methyl sites for hydroxylation is 1. The van der Waals surface area contributed by atoms with E-state index in [1.165, 1.54) is 11.1 Å². The Hall–Kier alpha value is -2.64. The molecule has 0 bridgehead atoms. The number of likely N-dealkylation sites (tertiary alicyclic amines) is 1. The molecule has 0 atom stereocenters. The van der Waals surface area contributed by atoms with Crippen LogP contribution >= 0.6 is 0 Å². The number of pyridine rings is 1. The van der Waals surface area contributed by atoms with E-state index in [4.69, 9.17) is 6.42 Å². The molecule has 4 heteroatoms. The SMILES string of the molecule is C#CCN1CCC(C(=O)N=c2ccccn2Cc2ccc(C)cc2)CC1. The predicted octanol–water partition coefficient (Wildman–Crippen LogP) is 2.62. The first-order chi connectivity index (χ1) is 12.7. The lowest BCUT2D eigenvalue weighted by Gasteiger charge is -2.28. The van der Waals surface area contributed by atoms with Crippen molar-refractivity contribution in [3.05, 3.63) is 65.3 Å². The largest absolute Gasteiger partial charge is 0.328 e. The zero-order valence-corrected chi connectivity index (χ0v) is 15.3. The fourth-order valence-corrected chi connectivity index (χ4v) is 3.26. The van der Waals surface area contributed by atoms with Crippen LogP contribution in [-0.4, -0.2) is 35.0 Å². The molecular formula is C22H25N3O. The van der Waals surface area contributed by atoms with Gasteiger partial charge >= 0.3 is 0 Å². The minimum atomic E-state index is -0.0192. The maximum Gasteiger partial charge on any atom is 0.250 e. The maximum absolute atomic E-state index is 12.6. The van der Waals surface area contributed by atoms with Gasteiger partial charge in [-0.25, -0.2) is 0 Å². The van der Waals surface area contributed by atoms with Gasteiger partial charge in [0, 0.05) is 18.7 Å². The molecular weight excluding hydrogens is 322 g/mol. The van der Waals surface area contributed by atoms with E-state index in [9.17, 15) is 4.79 Å². The minimum absolute atomic E-state index is 0.00273. The van der Waals surface area contributed by atoms with Crippen molar-refractivity contribution in [1.82, 2.24) is 9.47 Å². The van der Waals surface area contributed by atoms with E-state index >= 15 is 0 Å². The Morgan fingerprint density at radius 3 is 2.62 bits per heavy atom. The third-order valence-electron chi connectivity index (χ3n) is 4.87. The number of carbonyl (C=O) groups is 1. The van der Waals surface area contributed by atoms with Crippen LogP contribution in [0.25, 0.3) is 0 Å². The van der Waals surface area contributed by atoms with Crippen LogP contribution in [0.1, 0.15) is 24.0 Å². The van der Waals surface area contributed by atoms with Gasteiger partial charge in [-0.15, -0.1) is 6.42 Å². The van der Waals surface area contributed by atoms with E-state index in [1.807, 2.05) is 29.0 Å². The number of amides is 1. The molecule has 1 saturated heterocycles. The van der Waals surface area contributed by atoms with Crippen LogP contribution in [-0.2, 0) is 11.3 Å². The lowest BCUT2D eigenvalue weighted by molar-refractivity contribution is -0.123. The molecule has 3 rings (SSSR count). The summed E-state index contributed by atoms with van der Waals surface area (Å²) in [5.74, 6) is 2.65. The van der Waals surface area contributed by atoms with Gasteiger partial charge in [0.2, 0.25) is 0 Å². The highest BCUT2D eigenvalue weighted by atomic mass is 16.1. The molecule has 1 aromatic carbocycles. The van der Waals surface area contributed by atoms with Crippen LogP contribution in [0.3, 0.4) is 0 Å². The molecule has 1 fully saturated rings. The molecule has 0 unspecified atom stereocenters. The molecule has 1 amide bonds. The molecule has 0 spiro atoms. The molecule has 2 heterocycles. The zero-order chi connectivity index (χ0) is 18.4. The van der Waals surface area contributed by atoms with Crippen LogP contribution in [0.2, 0.25) is 0 Å². The van der Waals surface area contributed by atoms with E-state index in [0.717, 1.165) is 25.9 Å². The summed E-state index contributed by atoms with van der Waals surface area (Å²) in [6.07, 6.45) is 8.99. The van der Waals surface area contributed by atoms with Gasteiger partial charge in [-0.05, 0) is 50.6 Å². The summed E-state index contributed by atoms with van der Waals surface area (Å²) in [7, 11) is 0. The van der Waals surface area contributed by atoms with Crippen LogP contribution in [0.4, 0.5) is 0 Å². The molecule has 1 aliphatic rings. The third kappa shape index (κ3) is 4.71. The van der Waals surface area contributed by atoms with Crippen LogP contribution in [0.5, 0.6) is 0 Å². The average molecular weight is 347 g/mol. The van der Waals surface area contributed by atoms with Crippen molar-refractivity contribution >= 4 is 5.91 Å². The van der Waals surface area contributed by atoms with Gasteiger partial charge in [-0.2, -0.15) is 4.99 Å². The number of hydrogen-bond acceptors (Lipinski definition) is 2. The first kappa shape index (κ1) is 18.2. The van der Waals surface area contributed by atoms with Crippen molar-refractivity contribution < 1.29 is 4.79 Å². The molecule has 0 N–H and O–H groups in total. The number of benzene rings is 1. The third-order valence-corrected chi connectivity index (χ3v) is 4.87. The molecule has 134 valence electrons. The van der Waals surface area contributed by atoms with Crippen LogP contribution in [0.15, 0.2) is 53.7 Å². The number of aromatic nitrogens is 1.